The second-order valence-corrected chi connectivity index (χ2v) is 13.6. The molecule has 1 aliphatic heterocycles. The molecule has 4 heteroatoms. The van der Waals surface area contributed by atoms with E-state index in [0.29, 0.717) is 17.5 Å². The van der Waals surface area contributed by atoms with Gasteiger partial charge in [-0.05, 0) is 61.8 Å². The Hall–Kier alpha value is -7.17. The van der Waals surface area contributed by atoms with Crippen molar-refractivity contribution < 1.29 is 4.74 Å². The molecule has 1 aromatic heterocycles. The Balaban J connectivity index is 0.991. The molecule has 0 atom stereocenters. The van der Waals surface area contributed by atoms with Crippen molar-refractivity contribution in [2.24, 2.45) is 0 Å². The van der Waals surface area contributed by atoms with Gasteiger partial charge < -0.3 is 4.74 Å². The highest BCUT2D eigenvalue weighted by atomic mass is 16.5. The summed E-state index contributed by atoms with van der Waals surface area (Å²) in [4.78, 5) is 15.0. The predicted octanol–water partition coefficient (Wildman–Crippen LogP) is 12.9. The third-order valence-electron chi connectivity index (χ3n) is 10.5. The molecule has 0 radical (unpaired) electrons. The maximum atomic E-state index is 6.74. The Labute approximate surface area is 305 Å². The van der Waals surface area contributed by atoms with Crippen molar-refractivity contribution >= 4 is 43.1 Å². The van der Waals surface area contributed by atoms with Crippen LogP contribution in [0.2, 0.25) is 0 Å². The molecule has 0 bridgehead atoms. The lowest BCUT2D eigenvalue weighted by Gasteiger charge is -2.22. The summed E-state index contributed by atoms with van der Waals surface area (Å²) < 4.78 is 6.74. The maximum absolute atomic E-state index is 6.74. The van der Waals surface area contributed by atoms with Gasteiger partial charge in [-0.2, -0.15) is 0 Å². The number of aromatic nitrogens is 3. The Morgan fingerprint density at radius 2 is 0.792 bits per heavy atom. The lowest BCUT2D eigenvalue weighted by molar-refractivity contribution is 0.494. The fourth-order valence-electron chi connectivity index (χ4n) is 7.80. The molecule has 0 spiro atoms. The van der Waals surface area contributed by atoms with Crippen LogP contribution in [0.5, 0.6) is 11.5 Å². The van der Waals surface area contributed by atoms with Gasteiger partial charge in [-0.1, -0.05) is 158 Å². The summed E-state index contributed by atoms with van der Waals surface area (Å²) >= 11 is 0. The number of hydrogen-bond donors (Lipinski definition) is 0. The number of ether oxygens (including phenoxy) is 1. The van der Waals surface area contributed by atoms with Crippen molar-refractivity contribution in [2.45, 2.75) is 0 Å². The average Bonchev–Trinajstić information content (AvgIpc) is 3.24. The van der Waals surface area contributed by atoms with Crippen LogP contribution in [0.4, 0.5) is 0 Å². The highest BCUT2D eigenvalue weighted by Gasteiger charge is 2.22. The lowest BCUT2D eigenvalue weighted by atomic mass is 9.91. The van der Waals surface area contributed by atoms with Gasteiger partial charge in [0.15, 0.2) is 17.5 Å². The van der Waals surface area contributed by atoms with Crippen LogP contribution in [0, 0.1) is 0 Å². The quantitative estimate of drug-likeness (QED) is 0.170. The normalized spacial score (nSPS) is 11.9. The van der Waals surface area contributed by atoms with Crippen LogP contribution < -0.4 is 4.74 Å². The van der Waals surface area contributed by atoms with Crippen molar-refractivity contribution in [3.05, 3.63) is 176 Å². The van der Waals surface area contributed by atoms with Crippen LogP contribution in [-0.2, 0) is 0 Å². The minimum Gasteiger partial charge on any atom is -0.455 e. The van der Waals surface area contributed by atoms with E-state index in [-0.39, 0.29) is 0 Å². The first-order valence-corrected chi connectivity index (χ1v) is 17.8. The van der Waals surface area contributed by atoms with Gasteiger partial charge in [0.25, 0.3) is 0 Å². The van der Waals surface area contributed by atoms with Gasteiger partial charge in [-0.15, -0.1) is 0 Å². The number of fused-ring (bicyclic) bond motifs is 1. The highest BCUT2D eigenvalue weighted by Crippen LogP contribution is 2.50. The lowest BCUT2D eigenvalue weighted by Crippen LogP contribution is -2.00. The zero-order valence-corrected chi connectivity index (χ0v) is 28.5. The van der Waals surface area contributed by atoms with Crippen molar-refractivity contribution in [3.63, 3.8) is 0 Å². The first kappa shape index (κ1) is 29.5. The van der Waals surface area contributed by atoms with Crippen LogP contribution in [-0.4, -0.2) is 15.0 Å². The molecule has 0 aliphatic carbocycles. The Morgan fingerprint density at radius 3 is 1.49 bits per heavy atom. The molecule has 4 nitrogen and oxygen atoms in total. The number of rotatable bonds is 5. The van der Waals surface area contributed by atoms with Gasteiger partial charge in [0.1, 0.15) is 11.5 Å². The molecule has 0 unspecified atom stereocenters. The van der Waals surface area contributed by atoms with E-state index < -0.39 is 0 Å². The molecule has 246 valence electrons. The molecule has 9 aromatic carbocycles. The SMILES string of the molecule is c1ccc(-c2nc(-c3ccc(-c4ccc5ccccc5c4)cc3)nc(-c3ccc(-c4ccc5ccc6ccc7cccc8c7c6c5c4O8)cc3)n2)cc1. The van der Waals surface area contributed by atoms with E-state index in [4.69, 9.17) is 19.7 Å². The van der Waals surface area contributed by atoms with Crippen LogP contribution in [0.25, 0.3) is 99.5 Å². The molecule has 2 heterocycles. The molecular formula is C49H29N3O. The van der Waals surface area contributed by atoms with E-state index in [9.17, 15) is 0 Å². The summed E-state index contributed by atoms with van der Waals surface area (Å²) in [7, 11) is 0. The van der Waals surface area contributed by atoms with Gasteiger partial charge in [0, 0.05) is 38.4 Å². The molecule has 0 saturated heterocycles. The highest BCUT2D eigenvalue weighted by molar-refractivity contribution is 6.26. The summed E-state index contributed by atoms with van der Waals surface area (Å²) in [5.41, 5.74) is 7.22. The van der Waals surface area contributed by atoms with Gasteiger partial charge in [-0.25, -0.2) is 15.0 Å². The standard InChI is InChI=1S/C49H29N3O/c1-2-8-36(9-3-1)47-50-48(37-22-13-31(14-23-37)40-26-15-30-7-4-5-10-39(30)29-40)52-49(51-47)38-24-16-32(17-25-38)41-28-27-35-21-20-34-19-18-33-11-6-12-42-43(33)44(34)45(35)46(41)53-42/h1-29H. The molecule has 1 aliphatic rings. The van der Waals surface area contributed by atoms with Crippen LogP contribution in [0.3, 0.4) is 0 Å². The largest absolute Gasteiger partial charge is 0.455 e. The second kappa shape index (κ2) is 11.7. The first-order chi connectivity index (χ1) is 26.2. The summed E-state index contributed by atoms with van der Waals surface area (Å²) in [6.07, 6.45) is 0. The summed E-state index contributed by atoms with van der Waals surface area (Å²) in [5.74, 6) is 3.68. The minimum absolute atomic E-state index is 0.623. The number of nitrogens with zero attached hydrogens (tertiary/aromatic N) is 3. The summed E-state index contributed by atoms with van der Waals surface area (Å²) in [6, 6.07) is 61.6. The Bertz CT molecular complexity index is 3060. The summed E-state index contributed by atoms with van der Waals surface area (Å²) in [5, 5.41) is 9.64. The van der Waals surface area contributed by atoms with Crippen molar-refractivity contribution in [1.29, 1.82) is 0 Å². The van der Waals surface area contributed by atoms with Gasteiger partial charge in [0.05, 0.1) is 0 Å². The molecule has 53 heavy (non-hydrogen) atoms. The topological polar surface area (TPSA) is 47.9 Å². The van der Waals surface area contributed by atoms with E-state index in [1.807, 2.05) is 30.3 Å². The van der Waals surface area contributed by atoms with Crippen LogP contribution >= 0.6 is 0 Å². The molecule has 10 aromatic rings. The molecule has 11 rings (SSSR count). The monoisotopic (exact) mass is 675 g/mol. The molecular weight excluding hydrogens is 647 g/mol. The molecule has 0 amide bonds. The molecule has 0 saturated carbocycles. The maximum Gasteiger partial charge on any atom is 0.164 e. The zero-order chi connectivity index (χ0) is 34.9. The van der Waals surface area contributed by atoms with Crippen molar-refractivity contribution in [1.82, 2.24) is 15.0 Å². The van der Waals surface area contributed by atoms with Crippen molar-refractivity contribution in [2.75, 3.05) is 0 Å². The molecule has 0 N–H and O–H groups in total. The fourth-order valence-corrected chi connectivity index (χ4v) is 7.80. The van der Waals surface area contributed by atoms with Crippen molar-refractivity contribution in [3.8, 4) is 67.9 Å². The van der Waals surface area contributed by atoms with E-state index in [1.165, 1.54) is 43.3 Å². The van der Waals surface area contributed by atoms with E-state index in [1.54, 1.807) is 0 Å². The Kier molecular flexibility index (Phi) is 6.52. The van der Waals surface area contributed by atoms with Gasteiger partial charge in [0.2, 0.25) is 0 Å². The van der Waals surface area contributed by atoms with Gasteiger partial charge >= 0.3 is 0 Å². The minimum atomic E-state index is 0.623. The van der Waals surface area contributed by atoms with E-state index in [0.717, 1.165) is 50.3 Å². The first-order valence-electron chi connectivity index (χ1n) is 17.8. The smallest absolute Gasteiger partial charge is 0.164 e. The number of benzene rings is 9. The molecule has 0 fully saturated rings. The zero-order valence-electron chi connectivity index (χ0n) is 28.5. The van der Waals surface area contributed by atoms with Crippen LogP contribution in [0.15, 0.2) is 176 Å². The average molecular weight is 676 g/mol. The fraction of sp³-hybridized carbons (Fsp3) is 0. The van der Waals surface area contributed by atoms with Crippen LogP contribution in [0.1, 0.15) is 0 Å². The third-order valence-corrected chi connectivity index (χ3v) is 10.5. The summed E-state index contributed by atoms with van der Waals surface area (Å²) in [6.45, 7) is 0. The predicted molar refractivity (Wildman–Crippen MR) is 217 cm³/mol. The van der Waals surface area contributed by atoms with E-state index >= 15 is 0 Å². The Morgan fingerprint density at radius 1 is 0.302 bits per heavy atom. The number of hydrogen-bond acceptors (Lipinski definition) is 4. The second-order valence-electron chi connectivity index (χ2n) is 13.6. The van der Waals surface area contributed by atoms with E-state index in [2.05, 4.69) is 146 Å². The van der Waals surface area contributed by atoms with Gasteiger partial charge in [-0.3, -0.25) is 0 Å². The third kappa shape index (κ3) is 4.88.